The van der Waals surface area contributed by atoms with E-state index < -0.39 is 18.7 Å². The van der Waals surface area contributed by atoms with E-state index in [0.717, 1.165) is 0 Å². The second kappa shape index (κ2) is 8.79. The van der Waals surface area contributed by atoms with Gasteiger partial charge in [0.05, 0.1) is 25.1 Å². The summed E-state index contributed by atoms with van der Waals surface area (Å²) in [6, 6.07) is 12.4. The molecule has 8 heteroatoms. The average Bonchev–Trinajstić information content (AvgIpc) is 2.68. The van der Waals surface area contributed by atoms with E-state index in [1.165, 1.54) is 24.3 Å². The van der Waals surface area contributed by atoms with E-state index in [1.807, 2.05) is 0 Å². The summed E-state index contributed by atoms with van der Waals surface area (Å²) in [5.74, 6) is -1.10. The molecule has 1 aliphatic heterocycles. The molecule has 28 heavy (non-hydrogen) atoms. The standard InChI is InChI=1S/C20H19F2NO5/c21-20(22)28-16-3-1-2-15(11-16)17-12-23(8-9-27-17)18(24)10-13-4-6-14(7-5-13)19(25)26/h1-7,11,17,20H,8-10,12H2,(H,25,26). The molecule has 1 aliphatic rings. The second-order valence-corrected chi connectivity index (χ2v) is 6.33. The third kappa shape index (κ3) is 5.04. The summed E-state index contributed by atoms with van der Waals surface area (Å²) < 4.78 is 34.9. The number of nitrogens with zero attached hydrogens (tertiary/aromatic N) is 1. The predicted octanol–water partition coefficient (Wildman–Crippen LogP) is 3.13. The molecule has 0 radical (unpaired) electrons. The highest BCUT2D eigenvalue weighted by atomic mass is 19.3. The molecule has 1 N–H and O–H groups in total. The number of carboxylic acids is 1. The van der Waals surface area contributed by atoms with Crippen LogP contribution in [0.25, 0.3) is 0 Å². The van der Waals surface area contributed by atoms with Crippen LogP contribution in [0.1, 0.15) is 27.6 Å². The molecule has 2 aromatic carbocycles. The molecule has 0 aromatic heterocycles. The maximum Gasteiger partial charge on any atom is 0.387 e. The fourth-order valence-electron chi connectivity index (χ4n) is 3.02. The van der Waals surface area contributed by atoms with E-state index in [1.54, 1.807) is 29.2 Å². The van der Waals surface area contributed by atoms with Gasteiger partial charge in [0, 0.05) is 6.54 Å². The summed E-state index contributed by atoms with van der Waals surface area (Å²) in [7, 11) is 0. The molecular formula is C20H19F2NO5. The van der Waals surface area contributed by atoms with Crippen molar-refractivity contribution in [2.75, 3.05) is 19.7 Å². The first-order valence-electron chi connectivity index (χ1n) is 8.69. The number of carboxylic acid groups (broad SMARTS) is 1. The molecule has 6 nitrogen and oxygen atoms in total. The van der Waals surface area contributed by atoms with Gasteiger partial charge < -0.3 is 19.5 Å². The first kappa shape index (κ1) is 19.8. The second-order valence-electron chi connectivity index (χ2n) is 6.33. The topological polar surface area (TPSA) is 76.1 Å². The minimum Gasteiger partial charge on any atom is -0.478 e. The van der Waals surface area contributed by atoms with Gasteiger partial charge in [0.1, 0.15) is 11.9 Å². The number of halogens is 2. The lowest BCUT2D eigenvalue weighted by Crippen LogP contribution is -2.43. The third-order valence-corrected chi connectivity index (χ3v) is 4.43. The van der Waals surface area contributed by atoms with Crippen molar-refractivity contribution in [3.63, 3.8) is 0 Å². The summed E-state index contributed by atoms with van der Waals surface area (Å²) in [6.45, 7) is -1.86. The quantitative estimate of drug-likeness (QED) is 0.819. The van der Waals surface area contributed by atoms with Crippen LogP contribution in [0.2, 0.25) is 0 Å². The first-order valence-corrected chi connectivity index (χ1v) is 8.69. The van der Waals surface area contributed by atoms with Crippen molar-refractivity contribution in [3.05, 3.63) is 65.2 Å². The van der Waals surface area contributed by atoms with Gasteiger partial charge in [-0.15, -0.1) is 0 Å². The number of ether oxygens (including phenoxy) is 2. The number of benzene rings is 2. The van der Waals surface area contributed by atoms with Gasteiger partial charge >= 0.3 is 12.6 Å². The highest BCUT2D eigenvalue weighted by Crippen LogP contribution is 2.26. The Morgan fingerprint density at radius 2 is 1.96 bits per heavy atom. The molecule has 0 spiro atoms. The molecule has 1 saturated heterocycles. The molecule has 1 fully saturated rings. The fraction of sp³-hybridized carbons (Fsp3) is 0.300. The monoisotopic (exact) mass is 391 g/mol. The Balaban J connectivity index is 1.64. The average molecular weight is 391 g/mol. The summed E-state index contributed by atoms with van der Waals surface area (Å²) in [5, 5.41) is 8.93. The van der Waals surface area contributed by atoms with Gasteiger partial charge in [-0.1, -0.05) is 24.3 Å². The Kier molecular flexibility index (Phi) is 6.20. The van der Waals surface area contributed by atoms with Crippen molar-refractivity contribution in [2.24, 2.45) is 0 Å². The molecule has 1 amide bonds. The highest BCUT2D eigenvalue weighted by Gasteiger charge is 2.26. The Morgan fingerprint density at radius 1 is 1.21 bits per heavy atom. The number of carbonyl (C=O) groups is 2. The first-order chi connectivity index (χ1) is 13.4. The molecule has 0 aliphatic carbocycles. The van der Waals surface area contributed by atoms with Gasteiger partial charge in [0.15, 0.2) is 0 Å². The van der Waals surface area contributed by atoms with E-state index in [4.69, 9.17) is 9.84 Å². The molecule has 148 valence electrons. The van der Waals surface area contributed by atoms with Gasteiger partial charge in [0.25, 0.3) is 0 Å². The number of hydrogen-bond acceptors (Lipinski definition) is 4. The molecule has 0 saturated carbocycles. The highest BCUT2D eigenvalue weighted by molar-refractivity contribution is 5.87. The van der Waals surface area contributed by atoms with Crippen LogP contribution in [0.5, 0.6) is 5.75 Å². The molecule has 0 bridgehead atoms. The van der Waals surface area contributed by atoms with Crippen molar-refractivity contribution in [2.45, 2.75) is 19.1 Å². The zero-order valence-corrected chi connectivity index (χ0v) is 14.9. The van der Waals surface area contributed by atoms with Gasteiger partial charge in [-0.25, -0.2) is 4.79 Å². The van der Waals surface area contributed by atoms with Crippen LogP contribution in [0, 0.1) is 0 Å². The zero-order chi connectivity index (χ0) is 20.1. The van der Waals surface area contributed by atoms with E-state index in [0.29, 0.717) is 30.8 Å². The largest absolute Gasteiger partial charge is 0.478 e. The van der Waals surface area contributed by atoms with E-state index >= 15 is 0 Å². The van der Waals surface area contributed by atoms with Crippen LogP contribution in [-0.2, 0) is 16.0 Å². The van der Waals surface area contributed by atoms with Gasteiger partial charge in [-0.05, 0) is 35.4 Å². The molecule has 1 unspecified atom stereocenters. The van der Waals surface area contributed by atoms with E-state index in [9.17, 15) is 18.4 Å². The van der Waals surface area contributed by atoms with E-state index in [2.05, 4.69) is 4.74 Å². The zero-order valence-electron chi connectivity index (χ0n) is 14.9. The van der Waals surface area contributed by atoms with Crippen molar-refractivity contribution in [1.82, 2.24) is 4.90 Å². The molecular weight excluding hydrogens is 372 g/mol. The van der Waals surface area contributed by atoms with Gasteiger partial charge in [-0.2, -0.15) is 8.78 Å². The molecule has 1 heterocycles. The van der Waals surface area contributed by atoms with Crippen LogP contribution in [-0.4, -0.2) is 48.2 Å². The Hall–Kier alpha value is -3.00. The summed E-state index contributed by atoms with van der Waals surface area (Å²) in [5.41, 5.74) is 1.53. The molecule has 2 aromatic rings. The maximum atomic E-state index is 12.6. The lowest BCUT2D eigenvalue weighted by Gasteiger charge is -2.33. The van der Waals surface area contributed by atoms with Crippen LogP contribution in [0.3, 0.4) is 0 Å². The van der Waals surface area contributed by atoms with Crippen molar-refractivity contribution >= 4 is 11.9 Å². The molecule has 3 rings (SSSR count). The lowest BCUT2D eigenvalue weighted by atomic mass is 10.1. The van der Waals surface area contributed by atoms with E-state index in [-0.39, 0.29) is 23.6 Å². The van der Waals surface area contributed by atoms with Crippen LogP contribution in [0.15, 0.2) is 48.5 Å². The Labute approximate surface area is 160 Å². The van der Waals surface area contributed by atoms with Crippen LogP contribution in [0.4, 0.5) is 8.78 Å². The van der Waals surface area contributed by atoms with Crippen molar-refractivity contribution in [3.8, 4) is 5.75 Å². The SMILES string of the molecule is O=C(O)c1ccc(CC(=O)N2CCOC(c3cccc(OC(F)F)c3)C2)cc1. The maximum absolute atomic E-state index is 12.6. The number of hydrogen-bond donors (Lipinski definition) is 1. The minimum atomic E-state index is -2.91. The number of rotatable bonds is 6. The smallest absolute Gasteiger partial charge is 0.387 e. The van der Waals surface area contributed by atoms with Gasteiger partial charge in [0.2, 0.25) is 5.91 Å². The number of carbonyl (C=O) groups excluding carboxylic acids is 1. The number of alkyl halides is 2. The lowest BCUT2D eigenvalue weighted by molar-refractivity contribution is -0.138. The number of amides is 1. The normalized spacial score (nSPS) is 16.8. The number of morpholine rings is 1. The van der Waals surface area contributed by atoms with Crippen molar-refractivity contribution < 1.29 is 33.0 Å². The van der Waals surface area contributed by atoms with Gasteiger partial charge in [-0.3, -0.25) is 4.79 Å². The summed E-state index contributed by atoms with van der Waals surface area (Å²) in [4.78, 5) is 25.2. The van der Waals surface area contributed by atoms with Crippen LogP contribution >= 0.6 is 0 Å². The van der Waals surface area contributed by atoms with Crippen LogP contribution < -0.4 is 4.74 Å². The Morgan fingerprint density at radius 3 is 2.64 bits per heavy atom. The van der Waals surface area contributed by atoms with Crippen molar-refractivity contribution in [1.29, 1.82) is 0 Å². The minimum absolute atomic E-state index is 0.0399. The Bertz CT molecular complexity index is 841. The number of aromatic carboxylic acids is 1. The third-order valence-electron chi connectivity index (χ3n) is 4.43. The molecule has 1 atom stereocenters. The summed E-state index contributed by atoms with van der Waals surface area (Å²) in [6.07, 6.45) is -0.297. The predicted molar refractivity (Wildman–Crippen MR) is 95.5 cm³/mol. The summed E-state index contributed by atoms with van der Waals surface area (Å²) >= 11 is 0. The fourth-order valence-corrected chi connectivity index (χ4v) is 3.02.